The van der Waals surface area contributed by atoms with E-state index in [1.54, 1.807) is 13.0 Å². The van der Waals surface area contributed by atoms with Gasteiger partial charge in [-0.15, -0.1) is 0 Å². The van der Waals surface area contributed by atoms with Crippen LogP contribution in [-0.2, 0) is 9.31 Å². The lowest BCUT2D eigenvalue weighted by Crippen LogP contribution is -2.41. The van der Waals surface area contributed by atoms with Crippen LogP contribution in [-0.4, -0.2) is 31.5 Å². The summed E-state index contributed by atoms with van der Waals surface area (Å²) >= 11 is 12.5. The number of rotatable bonds is 2. The molecule has 2 heterocycles. The normalized spacial score (nSPS) is 22.0. The Morgan fingerprint density at radius 2 is 1.64 bits per heavy atom. The molecule has 2 aliphatic rings. The van der Waals surface area contributed by atoms with Crippen molar-refractivity contribution in [3.8, 4) is 11.5 Å². The minimum absolute atomic E-state index is 0.204. The van der Waals surface area contributed by atoms with Gasteiger partial charge in [-0.25, -0.2) is 4.39 Å². The van der Waals surface area contributed by atoms with Crippen molar-refractivity contribution in [1.82, 2.24) is 0 Å². The van der Waals surface area contributed by atoms with E-state index in [2.05, 4.69) is 0 Å². The van der Waals surface area contributed by atoms with Gasteiger partial charge in [0.1, 0.15) is 18.9 Å². The van der Waals surface area contributed by atoms with Gasteiger partial charge < -0.3 is 18.8 Å². The van der Waals surface area contributed by atoms with Gasteiger partial charge in [0.25, 0.3) is 0 Å². The Hall–Kier alpha value is -0.945. The largest absolute Gasteiger partial charge is 0.525 e. The van der Waals surface area contributed by atoms with Gasteiger partial charge in [-0.2, -0.15) is 0 Å². The molecule has 0 unspecified atom stereocenters. The average Bonchev–Trinajstić information content (AvgIpc) is 2.75. The molecule has 8 heteroatoms. The van der Waals surface area contributed by atoms with E-state index < -0.39 is 24.0 Å². The van der Waals surface area contributed by atoms with E-state index in [9.17, 15) is 0 Å². The van der Waals surface area contributed by atoms with Crippen molar-refractivity contribution in [2.45, 2.75) is 45.8 Å². The summed E-state index contributed by atoms with van der Waals surface area (Å²) in [5, 5.41) is 0.470. The molecular weight excluding hydrogens is 369 g/mol. The Morgan fingerprint density at radius 3 is 2.24 bits per heavy atom. The van der Waals surface area contributed by atoms with E-state index in [-0.39, 0.29) is 15.6 Å². The quantitative estimate of drug-likeness (QED) is 0.660. The highest BCUT2D eigenvalue weighted by Gasteiger charge is 2.53. The van der Waals surface area contributed by atoms with Gasteiger partial charge in [0.05, 0.1) is 21.2 Å². The summed E-state index contributed by atoms with van der Waals surface area (Å²) in [5.41, 5.74) is -1.26. The van der Waals surface area contributed by atoms with Crippen LogP contribution >= 0.6 is 23.2 Å². The van der Waals surface area contributed by atoms with Crippen LogP contribution in [0.25, 0.3) is 5.57 Å². The van der Waals surface area contributed by atoms with Crippen LogP contribution in [0.4, 0.5) is 4.39 Å². The van der Waals surface area contributed by atoms with E-state index >= 15 is 4.39 Å². The van der Waals surface area contributed by atoms with Crippen molar-refractivity contribution in [1.29, 1.82) is 0 Å². The maximum Gasteiger partial charge on any atom is 0.525 e. The molecule has 136 valence electrons. The summed E-state index contributed by atoms with van der Waals surface area (Å²) < 4.78 is 37.9. The van der Waals surface area contributed by atoms with Crippen LogP contribution in [0.2, 0.25) is 10.0 Å². The van der Waals surface area contributed by atoms with Crippen LogP contribution in [0.15, 0.2) is 11.8 Å². The predicted octanol–water partition coefficient (Wildman–Crippen LogP) is 5.10. The second-order valence-electron chi connectivity index (χ2n) is 7.13. The molecule has 1 fully saturated rings. The first-order chi connectivity index (χ1) is 11.5. The van der Waals surface area contributed by atoms with E-state index in [1.165, 1.54) is 0 Å². The molecule has 0 bridgehead atoms. The molecule has 0 aliphatic carbocycles. The average molecular weight is 389 g/mol. The van der Waals surface area contributed by atoms with Crippen molar-refractivity contribution >= 4 is 35.9 Å². The zero-order chi connectivity index (χ0) is 18.6. The summed E-state index contributed by atoms with van der Waals surface area (Å²) in [6.07, 6.45) is 0. The molecule has 0 N–H and O–H groups in total. The van der Waals surface area contributed by atoms with Crippen molar-refractivity contribution in [2.24, 2.45) is 0 Å². The Labute approximate surface area is 157 Å². The minimum atomic E-state index is -1.12. The van der Waals surface area contributed by atoms with Crippen LogP contribution in [0.3, 0.4) is 0 Å². The monoisotopic (exact) mass is 388 g/mol. The summed E-state index contributed by atoms with van der Waals surface area (Å²) in [7, 11) is -1.12. The van der Waals surface area contributed by atoms with E-state index in [0.29, 0.717) is 30.3 Å². The maximum atomic E-state index is 15.2. The highest BCUT2D eigenvalue weighted by atomic mass is 35.5. The summed E-state index contributed by atoms with van der Waals surface area (Å²) in [4.78, 5) is 0. The molecule has 0 atom stereocenters. The third-order valence-corrected chi connectivity index (χ3v) is 5.71. The zero-order valence-electron chi connectivity index (χ0n) is 14.8. The predicted molar refractivity (Wildman–Crippen MR) is 97.2 cm³/mol. The second-order valence-corrected chi connectivity index (χ2v) is 7.92. The fourth-order valence-corrected chi connectivity index (χ4v) is 3.19. The smallest absolute Gasteiger partial charge is 0.486 e. The lowest BCUT2D eigenvalue weighted by atomic mass is 9.83. The molecule has 0 saturated carbocycles. The Kier molecular flexibility index (Phi) is 4.78. The molecule has 4 nitrogen and oxygen atoms in total. The van der Waals surface area contributed by atoms with Crippen LogP contribution in [0, 0.1) is 0 Å². The van der Waals surface area contributed by atoms with Gasteiger partial charge in [-0.05, 0) is 40.2 Å². The topological polar surface area (TPSA) is 36.9 Å². The molecule has 2 aliphatic heterocycles. The Bertz CT molecular complexity index is 733. The Balaban J connectivity index is 2.07. The zero-order valence-corrected chi connectivity index (χ0v) is 16.3. The number of halogens is 3. The van der Waals surface area contributed by atoms with Gasteiger partial charge in [0.2, 0.25) is 0 Å². The number of hydrogen-bond donors (Lipinski definition) is 0. The number of allylic oxidation sites excluding steroid dienone is 1. The van der Waals surface area contributed by atoms with Gasteiger partial charge in [-0.1, -0.05) is 23.2 Å². The number of benzene rings is 1. The molecule has 0 aromatic heterocycles. The first-order valence-electron chi connectivity index (χ1n) is 8.05. The van der Waals surface area contributed by atoms with Gasteiger partial charge in [0.15, 0.2) is 11.5 Å². The number of fused-ring (bicyclic) bond motifs is 1. The molecule has 1 aromatic carbocycles. The fourth-order valence-electron chi connectivity index (χ4n) is 2.71. The molecule has 0 spiro atoms. The van der Waals surface area contributed by atoms with E-state index in [1.807, 2.05) is 27.7 Å². The molecule has 0 amide bonds. The van der Waals surface area contributed by atoms with Crippen molar-refractivity contribution in [2.75, 3.05) is 13.2 Å². The third-order valence-electron chi connectivity index (χ3n) is 4.92. The highest BCUT2D eigenvalue weighted by molar-refractivity contribution is 6.55. The highest BCUT2D eigenvalue weighted by Crippen LogP contribution is 2.47. The molecule has 3 rings (SSSR count). The van der Waals surface area contributed by atoms with Crippen LogP contribution in [0.1, 0.15) is 40.2 Å². The lowest BCUT2D eigenvalue weighted by Gasteiger charge is -2.32. The van der Waals surface area contributed by atoms with Crippen molar-refractivity contribution < 1.29 is 23.2 Å². The molecule has 1 saturated heterocycles. The van der Waals surface area contributed by atoms with E-state index in [0.717, 1.165) is 0 Å². The van der Waals surface area contributed by atoms with Gasteiger partial charge >= 0.3 is 7.12 Å². The minimum Gasteiger partial charge on any atom is -0.486 e. The second kappa shape index (κ2) is 6.34. The van der Waals surface area contributed by atoms with Crippen molar-refractivity contribution in [3.63, 3.8) is 0 Å². The van der Waals surface area contributed by atoms with Crippen molar-refractivity contribution in [3.05, 3.63) is 27.4 Å². The number of hydrogen-bond acceptors (Lipinski definition) is 4. The Morgan fingerprint density at radius 1 is 1.08 bits per heavy atom. The molecule has 25 heavy (non-hydrogen) atoms. The molecule has 0 radical (unpaired) electrons. The fraction of sp³-hybridized carbons (Fsp3) is 0.529. The molecule has 1 aromatic rings. The van der Waals surface area contributed by atoms with Crippen LogP contribution in [0.5, 0.6) is 11.5 Å². The first-order valence-corrected chi connectivity index (χ1v) is 8.80. The maximum absolute atomic E-state index is 15.2. The van der Waals surface area contributed by atoms with E-state index in [4.69, 9.17) is 42.0 Å². The SMILES string of the molecule is CC(=C(F)B1OC(C)(C)C(C)(C)O1)c1c(Cl)c(Cl)cc2c1OCCO2. The van der Waals surface area contributed by atoms with Gasteiger partial charge in [-0.3, -0.25) is 0 Å². The summed E-state index contributed by atoms with van der Waals surface area (Å²) in [6.45, 7) is 9.79. The standard InChI is InChI=1S/C17H20BCl2FO4/c1-9(15(21)18-24-16(2,3)17(4,5)25-18)12-13(20)10(19)8-11-14(12)23-7-6-22-11/h8H,6-7H2,1-5H3. The first kappa shape index (κ1) is 18.8. The summed E-state index contributed by atoms with van der Waals surface area (Å²) in [5.74, 6) is 0.821. The van der Waals surface area contributed by atoms with Gasteiger partial charge in [0, 0.05) is 11.6 Å². The third kappa shape index (κ3) is 3.14. The lowest BCUT2D eigenvalue weighted by molar-refractivity contribution is 0.00578. The molecular formula is C17H20BCl2FO4. The summed E-state index contributed by atoms with van der Waals surface area (Å²) in [6, 6.07) is 1.57. The number of ether oxygens (including phenoxy) is 2. The van der Waals surface area contributed by atoms with Crippen LogP contribution < -0.4 is 9.47 Å².